The van der Waals surface area contributed by atoms with Gasteiger partial charge in [-0.1, -0.05) is 84.9 Å². The summed E-state index contributed by atoms with van der Waals surface area (Å²) in [6.07, 6.45) is 4.44. The second-order valence-electron chi connectivity index (χ2n) is 12.0. The first-order chi connectivity index (χ1) is 23.0. The number of carbonyl (C=O) groups is 3. The predicted octanol–water partition coefficient (Wildman–Crippen LogP) is 7.48. The van der Waals surface area contributed by atoms with Gasteiger partial charge >= 0.3 is 7.60 Å². The fraction of sp³-hybridized carbons (Fsp3) is 0.184. The molecule has 0 saturated carbocycles. The van der Waals surface area contributed by atoms with Crippen molar-refractivity contribution >= 4 is 75.4 Å². The third-order valence-corrected chi connectivity index (χ3v) is 11.1. The molecule has 2 N–H and O–H groups in total. The Labute approximate surface area is 292 Å². The fourth-order valence-electron chi connectivity index (χ4n) is 6.43. The molecule has 2 amide bonds. The van der Waals surface area contributed by atoms with Gasteiger partial charge in [0.1, 0.15) is 0 Å². The van der Waals surface area contributed by atoms with Crippen LogP contribution in [0.15, 0.2) is 109 Å². The van der Waals surface area contributed by atoms with Crippen LogP contribution < -0.4 is 0 Å². The van der Waals surface area contributed by atoms with E-state index in [1.54, 1.807) is 65.4 Å². The molecule has 5 aromatic rings. The lowest BCUT2D eigenvalue weighted by Crippen LogP contribution is -2.47. The Bertz CT molecular complexity index is 2100. The number of benzene rings is 5. The number of carbonyl (C=O) groups excluding carboxylic acids is 3. The Morgan fingerprint density at radius 3 is 2.06 bits per heavy atom. The summed E-state index contributed by atoms with van der Waals surface area (Å²) in [4.78, 5) is 66.5. The summed E-state index contributed by atoms with van der Waals surface area (Å²) in [6, 6.07) is 30.6. The number of ketones is 1. The van der Waals surface area contributed by atoms with Crippen molar-refractivity contribution in [3.8, 4) is 0 Å². The van der Waals surface area contributed by atoms with Crippen molar-refractivity contribution in [3.63, 3.8) is 0 Å². The smallest absolute Gasteiger partial charge is 0.339 e. The average molecular weight is 773 g/mol. The third-order valence-electron chi connectivity index (χ3n) is 9.02. The van der Waals surface area contributed by atoms with Crippen LogP contribution >= 0.6 is 30.2 Å². The lowest BCUT2D eigenvalue weighted by Gasteiger charge is -2.36. The van der Waals surface area contributed by atoms with E-state index in [-0.39, 0.29) is 28.6 Å². The van der Waals surface area contributed by atoms with E-state index in [1.807, 2.05) is 89.3 Å². The number of nitrogens with zero attached hydrogens (tertiary/aromatic N) is 2. The topological polar surface area (TPSA) is 115 Å². The highest BCUT2D eigenvalue weighted by molar-refractivity contribution is 14.1. The van der Waals surface area contributed by atoms with Crippen LogP contribution in [-0.2, 0) is 9.36 Å². The van der Waals surface area contributed by atoms with Crippen LogP contribution in [0.3, 0.4) is 0 Å². The van der Waals surface area contributed by atoms with E-state index in [0.29, 0.717) is 40.3 Å². The van der Waals surface area contributed by atoms with Crippen molar-refractivity contribution in [2.45, 2.75) is 24.5 Å². The number of halogens is 1. The Balaban J connectivity index is 1.31. The van der Waals surface area contributed by atoms with Gasteiger partial charge in [-0.3, -0.25) is 18.9 Å². The summed E-state index contributed by atoms with van der Waals surface area (Å²) in [5.41, 5.74) is -0.597. The minimum Gasteiger partial charge on any atom is -0.339 e. The van der Waals surface area contributed by atoms with Crippen LogP contribution in [0.1, 0.15) is 50.3 Å². The van der Waals surface area contributed by atoms with Crippen molar-refractivity contribution in [1.82, 2.24) is 9.80 Å². The Hall–Kier alpha value is -4.15. The van der Waals surface area contributed by atoms with Crippen molar-refractivity contribution < 1.29 is 28.7 Å². The molecule has 0 bridgehead atoms. The zero-order valence-corrected chi connectivity index (χ0v) is 29.3. The zero-order chi connectivity index (χ0) is 34.0. The van der Waals surface area contributed by atoms with E-state index in [0.717, 1.165) is 16.3 Å². The Morgan fingerprint density at radius 2 is 1.42 bits per heavy atom. The van der Waals surface area contributed by atoms with Gasteiger partial charge in [0.15, 0.2) is 11.4 Å². The second-order valence-corrected chi connectivity index (χ2v) is 14.9. The van der Waals surface area contributed by atoms with Crippen LogP contribution in [-0.4, -0.2) is 63.4 Å². The molecule has 1 fully saturated rings. The van der Waals surface area contributed by atoms with Gasteiger partial charge in [0.05, 0.1) is 5.56 Å². The van der Waals surface area contributed by atoms with Crippen LogP contribution in [0.25, 0.3) is 27.6 Å². The largest absolute Gasteiger partial charge is 0.340 e. The zero-order valence-electron chi connectivity index (χ0n) is 26.2. The average Bonchev–Trinajstić information content (AvgIpc) is 3.10. The molecule has 1 aliphatic rings. The lowest BCUT2D eigenvalue weighted by molar-refractivity contribution is -0.127. The van der Waals surface area contributed by atoms with Crippen LogP contribution in [0, 0.1) is 3.57 Å². The molecule has 1 heterocycles. The molecule has 48 heavy (non-hydrogen) atoms. The van der Waals surface area contributed by atoms with Gasteiger partial charge in [0.2, 0.25) is 5.91 Å². The van der Waals surface area contributed by atoms with Gasteiger partial charge < -0.3 is 19.6 Å². The van der Waals surface area contributed by atoms with Crippen LogP contribution in [0.5, 0.6) is 0 Å². The molecule has 6 rings (SSSR count). The SMILES string of the molecule is CN(C(=O)c1cc2ccccc2cc1C(=O)C(c1c(I)ccc2ccccc12)P(=O)(O)O)C1CCN(C(=O)C=Cc2ccccc2)CC1. The third kappa shape index (κ3) is 7.00. The summed E-state index contributed by atoms with van der Waals surface area (Å²) >= 11 is 2.00. The molecule has 10 heteroatoms. The molecule has 244 valence electrons. The number of amides is 2. The monoisotopic (exact) mass is 772 g/mol. The maximum atomic E-state index is 14.5. The summed E-state index contributed by atoms with van der Waals surface area (Å²) in [6.45, 7) is 0.924. The molecule has 8 nitrogen and oxygen atoms in total. The highest BCUT2D eigenvalue weighted by Gasteiger charge is 2.42. The number of hydrogen-bond donors (Lipinski definition) is 2. The summed E-state index contributed by atoms with van der Waals surface area (Å²) < 4.78 is 13.8. The molecule has 0 spiro atoms. The molecule has 1 aliphatic heterocycles. The van der Waals surface area contributed by atoms with Crippen molar-refractivity contribution in [1.29, 1.82) is 0 Å². The van der Waals surface area contributed by atoms with E-state index in [2.05, 4.69) is 0 Å². The normalized spacial score (nSPS) is 14.8. The molecule has 1 atom stereocenters. The Kier molecular flexibility index (Phi) is 9.94. The minimum absolute atomic E-state index is 0.0405. The highest BCUT2D eigenvalue weighted by atomic mass is 127. The summed E-state index contributed by atoms with van der Waals surface area (Å²) in [5.74, 6) is -1.33. The molecule has 0 aliphatic carbocycles. The number of rotatable bonds is 8. The molecular formula is C38H34IN2O6P. The molecule has 1 unspecified atom stereocenters. The summed E-state index contributed by atoms with van der Waals surface area (Å²) in [7, 11) is -3.40. The van der Waals surface area contributed by atoms with Crippen molar-refractivity contribution in [3.05, 3.63) is 135 Å². The first-order valence-corrected chi connectivity index (χ1v) is 18.4. The predicted molar refractivity (Wildman–Crippen MR) is 197 cm³/mol. The fourth-order valence-corrected chi connectivity index (χ4v) is 8.52. The summed E-state index contributed by atoms with van der Waals surface area (Å²) in [5, 5.41) is 2.71. The maximum absolute atomic E-state index is 14.5. The van der Waals surface area contributed by atoms with Gasteiger partial charge in [0, 0.05) is 41.4 Å². The van der Waals surface area contributed by atoms with Crippen molar-refractivity contribution in [2.75, 3.05) is 20.1 Å². The van der Waals surface area contributed by atoms with Gasteiger partial charge in [-0.25, -0.2) is 0 Å². The number of piperidine rings is 1. The van der Waals surface area contributed by atoms with Gasteiger partial charge in [-0.15, -0.1) is 0 Å². The van der Waals surface area contributed by atoms with Gasteiger partial charge in [-0.2, -0.15) is 0 Å². The number of likely N-dealkylation sites (tertiary alicyclic amines) is 1. The highest BCUT2D eigenvalue weighted by Crippen LogP contribution is 2.56. The van der Waals surface area contributed by atoms with Crippen LogP contribution in [0.4, 0.5) is 0 Å². The molecular weight excluding hydrogens is 738 g/mol. The van der Waals surface area contributed by atoms with E-state index in [1.165, 1.54) is 0 Å². The quantitative estimate of drug-likeness (QED) is 0.0732. The van der Waals surface area contributed by atoms with Gasteiger partial charge in [-0.05, 0) is 92.4 Å². The molecule has 1 saturated heterocycles. The van der Waals surface area contributed by atoms with Gasteiger partial charge in [0.25, 0.3) is 5.91 Å². The lowest BCUT2D eigenvalue weighted by atomic mass is 9.91. The van der Waals surface area contributed by atoms with E-state index in [4.69, 9.17) is 0 Å². The molecule has 5 aromatic carbocycles. The van der Waals surface area contributed by atoms with E-state index < -0.39 is 24.9 Å². The first-order valence-electron chi connectivity index (χ1n) is 15.6. The maximum Gasteiger partial charge on any atom is 0.340 e. The number of Topliss-reactive ketones (excluding diaryl/α,β-unsaturated/α-hetero) is 1. The van der Waals surface area contributed by atoms with E-state index in [9.17, 15) is 28.7 Å². The second kappa shape index (κ2) is 14.1. The number of fused-ring (bicyclic) bond motifs is 2. The first kappa shape index (κ1) is 33.7. The Morgan fingerprint density at radius 1 is 0.833 bits per heavy atom. The number of hydrogen-bond acceptors (Lipinski definition) is 4. The molecule has 0 aromatic heterocycles. The standard InChI is InChI=1S/C38H34IN2O6P/c1-40(29-19-21-41(22-20-29)34(42)18-15-25-9-3-2-4-10-25)38(44)32-24-28-13-6-5-12-27(28)23-31(32)36(43)37(48(45,46)47)35-30-14-8-7-11-26(30)16-17-33(35)39/h2-18,23-24,29,37H,19-22H2,1H3,(H2,45,46,47). The van der Waals surface area contributed by atoms with Crippen LogP contribution in [0.2, 0.25) is 0 Å². The van der Waals surface area contributed by atoms with Crippen molar-refractivity contribution in [2.24, 2.45) is 0 Å². The minimum atomic E-state index is -5.08. The molecule has 0 radical (unpaired) electrons. The van der Waals surface area contributed by atoms with E-state index >= 15 is 0 Å².